The first-order valence-electron chi connectivity index (χ1n) is 8.28. The standard InChI is InChI=1S/C20H21NO4/c1-14-7-8-17(11-15(14)2)24-13-20(23)25-12-19(22)21-10-9-16-5-3-4-6-18(16)21/h3-8,11H,9-10,12-13H2,1-2H3. The maximum atomic E-state index is 12.3. The van der Waals surface area contributed by atoms with Gasteiger partial charge in [-0.3, -0.25) is 4.79 Å². The molecule has 2 aromatic rings. The van der Waals surface area contributed by atoms with Gasteiger partial charge in [0.05, 0.1) is 0 Å². The van der Waals surface area contributed by atoms with Gasteiger partial charge in [0.25, 0.3) is 5.91 Å². The summed E-state index contributed by atoms with van der Waals surface area (Å²) in [5.41, 5.74) is 4.29. The number of carbonyl (C=O) groups excluding carboxylic acids is 2. The van der Waals surface area contributed by atoms with E-state index >= 15 is 0 Å². The molecule has 0 bridgehead atoms. The van der Waals surface area contributed by atoms with Crippen LogP contribution in [0.15, 0.2) is 42.5 Å². The van der Waals surface area contributed by atoms with E-state index in [1.807, 2.05) is 56.3 Å². The number of ether oxygens (including phenoxy) is 2. The lowest BCUT2D eigenvalue weighted by Gasteiger charge is -2.17. The third-order valence-electron chi connectivity index (χ3n) is 4.38. The van der Waals surface area contributed by atoms with Crippen LogP contribution in [0.3, 0.4) is 0 Å². The summed E-state index contributed by atoms with van der Waals surface area (Å²) in [5.74, 6) is -0.164. The molecule has 0 aliphatic carbocycles. The summed E-state index contributed by atoms with van der Waals surface area (Å²) < 4.78 is 10.5. The zero-order chi connectivity index (χ0) is 17.8. The van der Waals surface area contributed by atoms with E-state index in [0.29, 0.717) is 12.3 Å². The van der Waals surface area contributed by atoms with Crippen LogP contribution in [0.25, 0.3) is 0 Å². The second-order valence-corrected chi connectivity index (χ2v) is 6.12. The summed E-state index contributed by atoms with van der Waals surface area (Å²) in [6.07, 6.45) is 0.825. The lowest BCUT2D eigenvalue weighted by atomic mass is 10.1. The first-order valence-corrected chi connectivity index (χ1v) is 8.28. The summed E-state index contributed by atoms with van der Waals surface area (Å²) in [4.78, 5) is 25.8. The molecular formula is C20H21NO4. The monoisotopic (exact) mass is 339 g/mol. The van der Waals surface area contributed by atoms with Gasteiger partial charge in [-0.05, 0) is 55.2 Å². The molecule has 0 aromatic heterocycles. The Bertz CT molecular complexity index is 800. The van der Waals surface area contributed by atoms with Crippen LogP contribution in [-0.4, -0.2) is 31.6 Å². The van der Waals surface area contributed by atoms with Gasteiger partial charge in [0.15, 0.2) is 13.2 Å². The molecule has 5 heteroatoms. The zero-order valence-corrected chi connectivity index (χ0v) is 14.5. The minimum atomic E-state index is -0.556. The molecule has 0 fully saturated rings. The lowest BCUT2D eigenvalue weighted by molar-refractivity contribution is -0.149. The molecule has 0 N–H and O–H groups in total. The van der Waals surface area contributed by atoms with E-state index in [0.717, 1.165) is 28.8 Å². The smallest absolute Gasteiger partial charge is 0.344 e. The van der Waals surface area contributed by atoms with Crippen molar-refractivity contribution in [1.29, 1.82) is 0 Å². The third kappa shape index (κ3) is 3.99. The van der Waals surface area contributed by atoms with E-state index in [2.05, 4.69) is 0 Å². The summed E-state index contributed by atoms with van der Waals surface area (Å²) in [7, 11) is 0. The van der Waals surface area contributed by atoms with E-state index in [1.54, 1.807) is 4.90 Å². The van der Waals surface area contributed by atoms with Crippen LogP contribution < -0.4 is 9.64 Å². The number of carbonyl (C=O) groups is 2. The van der Waals surface area contributed by atoms with E-state index in [4.69, 9.17) is 9.47 Å². The summed E-state index contributed by atoms with van der Waals surface area (Å²) in [5, 5.41) is 0. The van der Waals surface area contributed by atoms with Crippen molar-refractivity contribution in [3.05, 3.63) is 59.2 Å². The average Bonchev–Trinajstić information content (AvgIpc) is 3.05. The Labute approximate surface area is 147 Å². The fourth-order valence-electron chi connectivity index (χ4n) is 2.81. The molecule has 0 atom stereocenters. The maximum Gasteiger partial charge on any atom is 0.344 e. The average molecular weight is 339 g/mol. The fraction of sp³-hybridized carbons (Fsp3) is 0.300. The highest BCUT2D eigenvalue weighted by atomic mass is 16.6. The molecule has 0 spiro atoms. The number of benzene rings is 2. The molecule has 1 aliphatic heterocycles. The Morgan fingerprint density at radius 3 is 2.64 bits per heavy atom. The summed E-state index contributed by atoms with van der Waals surface area (Å²) in [6, 6.07) is 13.4. The topological polar surface area (TPSA) is 55.8 Å². The van der Waals surface area contributed by atoms with Gasteiger partial charge >= 0.3 is 5.97 Å². The van der Waals surface area contributed by atoms with Crippen LogP contribution in [0.2, 0.25) is 0 Å². The number of anilines is 1. The number of hydrogen-bond acceptors (Lipinski definition) is 4. The lowest BCUT2D eigenvalue weighted by Crippen LogP contribution is -2.33. The molecule has 1 aliphatic rings. The van der Waals surface area contributed by atoms with Gasteiger partial charge in [-0.25, -0.2) is 4.79 Å². The molecule has 0 radical (unpaired) electrons. The molecule has 5 nitrogen and oxygen atoms in total. The van der Waals surface area contributed by atoms with Crippen molar-refractivity contribution in [3.63, 3.8) is 0 Å². The van der Waals surface area contributed by atoms with Crippen molar-refractivity contribution in [2.24, 2.45) is 0 Å². The quantitative estimate of drug-likeness (QED) is 0.786. The Hall–Kier alpha value is -2.82. The molecule has 0 unspecified atom stereocenters. The van der Waals surface area contributed by atoms with Crippen LogP contribution in [0.1, 0.15) is 16.7 Å². The highest BCUT2D eigenvalue weighted by Gasteiger charge is 2.24. The van der Waals surface area contributed by atoms with E-state index in [9.17, 15) is 9.59 Å². The molecule has 0 saturated heterocycles. The van der Waals surface area contributed by atoms with Gasteiger partial charge in [0.1, 0.15) is 5.75 Å². The zero-order valence-electron chi connectivity index (χ0n) is 14.5. The van der Waals surface area contributed by atoms with Crippen molar-refractivity contribution >= 4 is 17.6 Å². The highest BCUT2D eigenvalue weighted by molar-refractivity contribution is 5.97. The maximum absolute atomic E-state index is 12.3. The third-order valence-corrected chi connectivity index (χ3v) is 4.38. The first kappa shape index (κ1) is 17.0. The van der Waals surface area contributed by atoms with E-state index in [-0.39, 0.29) is 19.1 Å². The fourth-order valence-corrected chi connectivity index (χ4v) is 2.81. The predicted molar refractivity (Wildman–Crippen MR) is 94.9 cm³/mol. The molecule has 130 valence electrons. The Morgan fingerprint density at radius 1 is 1.04 bits per heavy atom. The summed E-state index contributed by atoms with van der Waals surface area (Å²) >= 11 is 0. The number of fused-ring (bicyclic) bond motifs is 1. The molecule has 1 heterocycles. The SMILES string of the molecule is Cc1ccc(OCC(=O)OCC(=O)N2CCc3ccccc32)cc1C. The van der Waals surface area contributed by atoms with Gasteiger partial charge in [-0.1, -0.05) is 24.3 Å². The van der Waals surface area contributed by atoms with Crippen LogP contribution >= 0.6 is 0 Å². The second kappa shape index (κ2) is 7.38. The molecule has 0 saturated carbocycles. The molecule has 2 aromatic carbocycles. The first-order chi connectivity index (χ1) is 12.0. The number of amides is 1. The number of aryl methyl sites for hydroxylation is 2. The Balaban J connectivity index is 1.48. The van der Waals surface area contributed by atoms with Crippen molar-refractivity contribution < 1.29 is 19.1 Å². The van der Waals surface area contributed by atoms with Crippen molar-refractivity contribution in [3.8, 4) is 5.75 Å². The van der Waals surface area contributed by atoms with E-state index < -0.39 is 5.97 Å². The van der Waals surface area contributed by atoms with E-state index in [1.165, 1.54) is 0 Å². The van der Waals surface area contributed by atoms with Gasteiger partial charge in [-0.2, -0.15) is 0 Å². The van der Waals surface area contributed by atoms with Crippen molar-refractivity contribution in [2.45, 2.75) is 20.3 Å². The van der Waals surface area contributed by atoms with Gasteiger partial charge in [0, 0.05) is 12.2 Å². The number of rotatable bonds is 5. The van der Waals surface area contributed by atoms with Crippen LogP contribution in [-0.2, 0) is 20.7 Å². The Morgan fingerprint density at radius 2 is 1.84 bits per heavy atom. The minimum Gasteiger partial charge on any atom is -0.482 e. The van der Waals surface area contributed by atoms with Gasteiger partial charge in [0.2, 0.25) is 0 Å². The van der Waals surface area contributed by atoms with Crippen molar-refractivity contribution in [1.82, 2.24) is 0 Å². The molecule has 25 heavy (non-hydrogen) atoms. The molecule has 1 amide bonds. The van der Waals surface area contributed by atoms with Crippen LogP contribution in [0.4, 0.5) is 5.69 Å². The number of nitrogens with zero attached hydrogens (tertiary/aromatic N) is 1. The van der Waals surface area contributed by atoms with Crippen LogP contribution in [0.5, 0.6) is 5.75 Å². The molecular weight excluding hydrogens is 318 g/mol. The highest BCUT2D eigenvalue weighted by Crippen LogP contribution is 2.27. The number of esters is 1. The normalized spacial score (nSPS) is 12.6. The van der Waals surface area contributed by atoms with Gasteiger partial charge in [-0.15, -0.1) is 0 Å². The number of hydrogen-bond donors (Lipinski definition) is 0. The number of para-hydroxylation sites is 1. The Kier molecular flexibility index (Phi) is 5.03. The minimum absolute atomic E-state index is 0.216. The van der Waals surface area contributed by atoms with Gasteiger partial charge < -0.3 is 14.4 Å². The molecule has 3 rings (SSSR count). The largest absolute Gasteiger partial charge is 0.482 e. The second-order valence-electron chi connectivity index (χ2n) is 6.12. The summed E-state index contributed by atoms with van der Waals surface area (Å²) in [6.45, 7) is 4.12. The van der Waals surface area contributed by atoms with Crippen molar-refractivity contribution in [2.75, 3.05) is 24.7 Å². The van der Waals surface area contributed by atoms with Crippen LogP contribution in [0, 0.1) is 13.8 Å². The predicted octanol–water partition coefficient (Wildman–Crippen LogP) is 2.81.